The van der Waals surface area contributed by atoms with E-state index in [1.54, 1.807) is 13.0 Å². The van der Waals surface area contributed by atoms with Gasteiger partial charge in [0.2, 0.25) is 5.76 Å². The number of likely N-dealkylation sites (tertiary alicyclic amines) is 1. The Morgan fingerprint density at radius 3 is 2.66 bits per heavy atom. The van der Waals surface area contributed by atoms with Crippen molar-refractivity contribution in [3.8, 4) is 0 Å². The number of hydrogen-bond donors (Lipinski definition) is 0. The van der Waals surface area contributed by atoms with E-state index in [4.69, 9.17) is 20.8 Å². The number of halogens is 1. The number of hydrogen-bond acceptors (Lipinski definition) is 4. The molecule has 0 bridgehead atoms. The fraction of sp³-hybridized carbons (Fsp3) is 0.375. The fourth-order valence-electron chi connectivity index (χ4n) is 4.16. The topological polar surface area (TPSA) is 42.7 Å². The Balaban J connectivity index is 1.48. The van der Waals surface area contributed by atoms with E-state index < -0.39 is 5.97 Å². The van der Waals surface area contributed by atoms with Gasteiger partial charge in [-0.1, -0.05) is 41.9 Å². The van der Waals surface area contributed by atoms with Gasteiger partial charge in [0, 0.05) is 22.5 Å². The molecule has 0 spiro atoms. The van der Waals surface area contributed by atoms with Crippen molar-refractivity contribution >= 4 is 28.5 Å². The fourth-order valence-corrected chi connectivity index (χ4v) is 4.33. The molecule has 0 saturated carbocycles. The van der Waals surface area contributed by atoms with Gasteiger partial charge in [-0.3, -0.25) is 4.90 Å². The van der Waals surface area contributed by atoms with Crippen molar-refractivity contribution in [1.29, 1.82) is 0 Å². The summed E-state index contributed by atoms with van der Waals surface area (Å²) >= 11 is 6.21. The molecule has 0 radical (unpaired) electrons. The smallest absolute Gasteiger partial charge is 0.374 e. The molecule has 1 aliphatic rings. The largest absolute Gasteiger partial charge is 0.460 e. The Hall–Kier alpha value is -2.30. The molecule has 0 aliphatic carbocycles. The highest BCUT2D eigenvalue weighted by Crippen LogP contribution is 2.31. The molecule has 4 nitrogen and oxygen atoms in total. The number of carbonyl (C=O) groups excluding carboxylic acids is 1. The summed E-state index contributed by atoms with van der Waals surface area (Å²) in [4.78, 5) is 14.8. The molecule has 152 valence electrons. The standard InChI is InChI=1S/C24H26ClNO3/c1-2-28-24(27)23-21(20-15-19(25)8-9-22(20)29-23)16-26-12-10-18(11-13-26)14-17-6-4-3-5-7-17/h3-9,15,18H,2,10-14,16H2,1H3. The third-order valence-corrected chi connectivity index (χ3v) is 5.90. The number of esters is 1. The highest BCUT2D eigenvalue weighted by atomic mass is 35.5. The van der Waals surface area contributed by atoms with Crippen molar-refractivity contribution in [3.05, 3.63) is 70.4 Å². The van der Waals surface area contributed by atoms with E-state index in [1.807, 2.05) is 12.1 Å². The zero-order valence-electron chi connectivity index (χ0n) is 16.7. The number of nitrogens with zero attached hydrogens (tertiary/aromatic N) is 1. The Labute approximate surface area is 176 Å². The molecule has 1 aromatic heterocycles. The Morgan fingerprint density at radius 1 is 1.17 bits per heavy atom. The Kier molecular flexibility index (Phi) is 6.22. The normalized spacial score (nSPS) is 15.7. The molecule has 5 heteroatoms. The van der Waals surface area contributed by atoms with Gasteiger partial charge in [-0.2, -0.15) is 0 Å². The predicted molar refractivity (Wildman–Crippen MR) is 115 cm³/mol. The number of fused-ring (bicyclic) bond motifs is 1. The molecule has 0 atom stereocenters. The average Bonchev–Trinajstić information content (AvgIpc) is 3.08. The molecule has 2 heterocycles. The minimum absolute atomic E-state index is 0.301. The summed E-state index contributed by atoms with van der Waals surface area (Å²) in [6, 6.07) is 16.2. The van der Waals surface area contributed by atoms with E-state index in [-0.39, 0.29) is 0 Å². The summed E-state index contributed by atoms with van der Waals surface area (Å²) in [6.45, 7) is 4.80. The Morgan fingerprint density at radius 2 is 1.93 bits per heavy atom. The van der Waals surface area contributed by atoms with Crippen LogP contribution in [0.5, 0.6) is 0 Å². The van der Waals surface area contributed by atoms with Crippen LogP contribution in [-0.2, 0) is 17.7 Å². The van der Waals surface area contributed by atoms with Gasteiger partial charge in [0.05, 0.1) is 6.61 Å². The van der Waals surface area contributed by atoms with Crippen LogP contribution in [-0.4, -0.2) is 30.6 Å². The third-order valence-electron chi connectivity index (χ3n) is 5.67. The molecule has 1 fully saturated rings. The number of ether oxygens (including phenoxy) is 1. The van der Waals surface area contributed by atoms with Crippen molar-refractivity contribution in [3.63, 3.8) is 0 Å². The second-order valence-corrected chi connectivity index (χ2v) is 8.12. The van der Waals surface area contributed by atoms with Crippen molar-refractivity contribution in [2.24, 2.45) is 5.92 Å². The molecule has 1 saturated heterocycles. The van der Waals surface area contributed by atoms with Gasteiger partial charge in [0.25, 0.3) is 0 Å². The first-order chi connectivity index (χ1) is 14.1. The molecule has 29 heavy (non-hydrogen) atoms. The van der Waals surface area contributed by atoms with Crippen LogP contribution in [0.4, 0.5) is 0 Å². The zero-order valence-corrected chi connectivity index (χ0v) is 17.5. The molecule has 3 aromatic rings. The summed E-state index contributed by atoms with van der Waals surface area (Å²) < 4.78 is 11.1. The minimum atomic E-state index is -0.409. The van der Waals surface area contributed by atoms with Crippen molar-refractivity contribution < 1.29 is 13.9 Å². The number of rotatable bonds is 6. The summed E-state index contributed by atoms with van der Waals surface area (Å²) in [7, 11) is 0. The summed E-state index contributed by atoms with van der Waals surface area (Å²) in [5.74, 6) is 0.595. The van der Waals surface area contributed by atoms with E-state index in [1.165, 1.54) is 5.56 Å². The van der Waals surface area contributed by atoms with Gasteiger partial charge in [0.1, 0.15) is 5.58 Å². The first-order valence-electron chi connectivity index (χ1n) is 10.3. The summed E-state index contributed by atoms with van der Waals surface area (Å²) in [5, 5.41) is 1.53. The van der Waals surface area contributed by atoms with Gasteiger partial charge < -0.3 is 9.15 Å². The SMILES string of the molecule is CCOC(=O)c1oc2ccc(Cl)cc2c1CN1CCC(Cc2ccccc2)CC1. The lowest BCUT2D eigenvalue weighted by Crippen LogP contribution is -2.34. The van der Waals surface area contributed by atoms with E-state index >= 15 is 0 Å². The van der Waals surface area contributed by atoms with E-state index in [0.29, 0.717) is 35.4 Å². The first-order valence-corrected chi connectivity index (χ1v) is 10.7. The molecule has 4 rings (SSSR count). The highest BCUT2D eigenvalue weighted by molar-refractivity contribution is 6.31. The molecular formula is C24H26ClNO3. The van der Waals surface area contributed by atoms with Crippen LogP contribution in [0.25, 0.3) is 11.0 Å². The van der Waals surface area contributed by atoms with Crippen LogP contribution in [0, 0.1) is 5.92 Å². The van der Waals surface area contributed by atoms with Crippen LogP contribution in [0.2, 0.25) is 5.02 Å². The summed E-state index contributed by atoms with van der Waals surface area (Å²) in [6.07, 6.45) is 3.44. The Bertz CT molecular complexity index is 974. The van der Waals surface area contributed by atoms with Crippen LogP contribution in [0.3, 0.4) is 0 Å². The highest BCUT2D eigenvalue weighted by Gasteiger charge is 2.26. The molecule has 0 amide bonds. The molecule has 0 N–H and O–H groups in total. The third kappa shape index (κ3) is 4.65. The monoisotopic (exact) mass is 411 g/mol. The lowest BCUT2D eigenvalue weighted by Gasteiger charge is -2.32. The van der Waals surface area contributed by atoms with Crippen LogP contribution >= 0.6 is 11.6 Å². The van der Waals surface area contributed by atoms with E-state index in [9.17, 15) is 4.79 Å². The molecule has 1 aliphatic heterocycles. The van der Waals surface area contributed by atoms with Gasteiger partial charge in [-0.25, -0.2) is 4.79 Å². The van der Waals surface area contributed by atoms with E-state index in [0.717, 1.165) is 43.3 Å². The van der Waals surface area contributed by atoms with E-state index in [2.05, 4.69) is 35.2 Å². The second kappa shape index (κ2) is 9.02. The van der Waals surface area contributed by atoms with Gasteiger partial charge in [-0.15, -0.1) is 0 Å². The molecular weight excluding hydrogens is 386 g/mol. The number of benzene rings is 2. The molecule has 2 aromatic carbocycles. The van der Waals surface area contributed by atoms with Gasteiger partial charge in [-0.05, 0) is 69.0 Å². The maximum atomic E-state index is 12.4. The van der Waals surface area contributed by atoms with Crippen LogP contribution < -0.4 is 0 Å². The lowest BCUT2D eigenvalue weighted by atomic mass is 9.90. The first kappa shape index (κ1) is 20.0. The van der Waals surface area contributed by atoms with Gasteiger partial charge in [0.15, 0.2) is 0 Å². The van der Waals surface area contributed by atoms with Crippen molar-refractivity contribution in [1.82, 2.24) is 4.90 Å². The van der Waals surface area contributed by atoms with Gasteiger partial charge >= 0.3 is 5.97 Å². The minimum Gasteiger partial charge on any atom is -0.460 e. The number of carbonyl (C=O) groups is 1. The average molecular weight is 412 g/mol. The second-order valence-electron chi connectivity index (χ2n) is 7.68. The quantitative estimate of drug-likeness (QED) is 0.486. The molecule has 0 unspecified atom stereocenters. The van der Waals surface area contributed by atoms with Crippen LogP contribution in [0.1, 0.15) is 41.4 Å². The summed E-state index contributed by atoms with van der Waals surface area (Å²) in [5.41, 5.74) is 2.96. The number of piperidine rings is 1. The van der Waals surface area contributed by atoms with Crippen LogP contribution in [0.15, 0.2) is 52.9 Å². The van der Waals surface area contributed by atoms with Crippen molar-refractivity contribution in [2.45, 2.75) is 32.7 Å². The maximum absolute atomic E-state index is 12.4. The van der Waals surface area contributed by atoms with Crippen molar-refractivity contribution in [2.75, 3.05) is 19.7 Å². The maximum Gasteiger partial charge on any atom is 0.374 e. The lowest BCUT2D eigenvalue weighted by molar-refractivity contribution is 0.0488. The number of furan rings is 1. The predicted octanol–water partition coefficient (Wildman–Crippen LogP) is 5.72. The zero-order chi connectivity index (χ0) is 20.2.